The van der Waals surface area contributed by atoms with Crippen molar-refractivity contribution in [2.75, 3.05) is 0 Å². The lowest BCUT2D eigenvalue weighted by molar-refractivity contribution is -0.137. The molecule has 0 aliphatic heterocycles. The highest BCUT2D eigenvalue weighted by molar-refractivity contribution is 7.16. The molecule has 0 radical (unpaired) electrons. The van der Waals surface area contributed by atoms with E-state index < -0.39 is 17.0 Å². The van der Waals surface area contributed by atoms with Crippen LogP contribution in [0.5, 0.6) is 0 Å². The molecule has 0 unspecified atom stereocenters. The molecule has 2 aromatic carbocycles. The Hall–Kier alpha value is -3.92. The van der Waals surface area contributed by atoms with E-state index in [0.29, 0.717) is 40.4 Å². The number of fused-ring (bicyclic) bond motifs is 1. The zero-order valence-electron chi connectivity index (χ0n) is 18.2. The van der Waals surface area contributed by atoms with Crippen LogP contribution in [0.25, 0.3) is 38.3 Å². The summed E-state index contributed by atoms with van der Waals surface area (Å²) in [6.45, 7) is 0.494. The monoisotopic (exact) mass is 496 g/mol. The molecule has 35 heavy (non-hydrogen) atoms. The van der Waals surface area contributed by atoms with E-state index in [-0.39, 0.29) is 12.0 Å². The fraction of sp³-hybridized carbons (Fsp3) is 0.160. The third-order valence-corrected chi connectivity index (χ3v) is 6.80. The molecular weight excluding hydrogens is 477 g/mol. The fourth-order valence-corrected chi connectivity index (χ4v) is 4.95. The van der Waals surface area contributed by atoms with E-state index >= 15 is 0 Å². The second kappa shape index (κ2) is 9.03. The number of carbonyl (C=O) groups is 1. The molecule has 0 atom stereocenters. The Morgan fingerprint density at radius 1 is 1.09 bits per heavy atom. The lowest BCUT2D eigenvalue weighted by Crippen LogP contribution is -2.03. The number of hydrogen-bond donors (Lipinski definition) is 1. The van der Waals surface area contributed by atoms with Crippen LogP contribution in [0, 0.1) is 0 Å². The van der Waals surface area contributed by atoms with Gasteiger partial charge in [0.15, 0.2) is 0 Å². The Balaban J connectivity index is 1.44. The van der Waals surface area contributed by atoms with Crippen LogP contribution >= 0.6 is 11.3 Å². The Kier molecular flexibility index (Phi) is 5.89. The Morgan fingerprint density at radius 2 is 1.89 bits per heavy atom. The van der Waals surface area contributed by atoms with E-state index in [4.69, 9.17) is 5.11 Å². The van der Waals surface area contributed by atoms with Gasteiger partial charge in [-0.15, -0.1) is 11.3 Å². The van der Waals surface area contributed by atoms with Crippen molar-refractivity contribution in [1.82, 2.24) is 19.3 Å². The zero-order valence-corrected chi connectivity index (χ0v) is 19.1. The number of rotatable bonds is 7. The van der Waals surface area contributed by atoms with Crippen LogP contribution in [-0.4, -0.2) is 30.4 Å². The molecule has 5 rings (SSSR count). The molecule has 0 amide bonds. The van der Waals surface area contributed by atoms with E-state index in [1.54, 1.807) is 64.4 Å². The van der Waals surface area contributed by atoms with Gasteiger partial charge in [0.1, 0.15) is 4.88 Å². The number of aromatic nitrogens is 4. The summed E-state index contributed by atoms with van der Waals surface area (Å²) in [6, 6.07) is 15.7. The highest BCUT2D eigenvalue weighted by Gasteiger charge is 2.36. The number of benzene rings is 2. The first-order chi connectivity index (χ1) is 16.8. The van der Waals surface area contributed by atoms with Crippen LogP contribution < -0.4 is 0 Å². The molecule has 0 aliphatic carbocycles. The number of thiophene rings is 1. The lowest BCUT2D eigenvalue weighted by Gasteiger charge is -2.07. The number of aryl methyl sites for hydroxylation is 1. The van der Waals surface area contributed by atoms with Gasteiger partial charge < -0.3 is 9.67 Å². The van der Waals surface area contributed by atoms with Crippen LogP contribution in [0.1, 0.15) is 17.7 Å². The van der Waals surface area contributed by atoms with Crippen molar-refractivity contribution in [2.45, 2.75) is 25.6 Å². The third-order valence-electron chi connectivity index (χ3n) is 5.59. The lowest BCUT2D eigenvalue weighted by atomic mass is 10.1. The maximum Gasteiger partial charge on any atom is 0.426 e. The molecule has 1 N–H and O–H groups in total. The average Bonchev–Trinajstić information content (AvgIpc) is 3.57. The van der Waals surface area contributed by atoms with Gasteiger partial charge in [-0.25, -0.2) is 4.98 Å². The second-order valence-electron chi connectivity index (χ2n) is 7.99. The van der Waals surface area contributed by atoms with Gasteiger partial charge in [0.25, 0.3) is 0 Å². The molecular formula is C25H19F3N4O2S. The van der Waals surface area contributed by atoms with Crippen LogP contribution in [-0.2, 0) is 17.5 Å². The van der Waals surface area contributed by atoms with E-state index in [1.807, 2.05) is 18.2 Å². The third kappa shape index (κ3) is 4.69. The maximum absolute atomic E-state index is 13.7. The number of imidazole rings is 1. The number of carboxylic acids is 1. The van der Waals surface area contributed by atoms with Gasteiger partial charge in [-0.3, -0.25) is 9.48 Å². The number of halogens is 3. The molecule has 0 spiro atoms. The fourth-order valence-electron chi connectivity index (χ4n) is 3.94. The summed E-state index contributed by atoms with van der Waals surface area (Å²) < 4.78 is 44.8. The van der Waals surface area contributed by atoms with E-state index in [1.165, 1.54) is 0 Å². The Morgan fingerprint density at radius 3 is 2.63 bits per heavy atom. The predicted molar refractivity (Wildman–Crippen MR) is 127 cm³/mol. The zero-order chi connectivity index (χ0) is 24.6. The van der Waals surface area contributed by atoms with E-state index in [9.17, 15) is 18.0 Å². The van der Waals surface area contributed by atoms with Gasteiger partial charge in [0, 0.05) is 35.8 Å². The topological polar surface area (TPSA) is 72.9 Å². The first-order valence-electron chi connectivity index (χ1n) is 10.8. The number of carboxylic acid groups (broad SMARTS) is 1. The quantitative estimate of drug-likeness (QED) is 0.279. The normalized spacial score (nSPS) is 11.9. The molecule has 0 saturated heterocycles. The summed E-state index contributed by atoms with van der Waals surface area (Å²) in [5.41, 5.74) is 2.77. The van der Waals surface area contributed by atoms with E-state index in [2.05, 4.69) is 10.1 Å². The highest BCUT2D eigenvalue weighted by atomic mass is 32.1. The molecule has 0 aliphatic rings. The van der Waals surface area contributed by atoms with Gasteiger partial charge in [0.05, 0.1) is 28.6 Å². The van der Waals surface area contributed by atoms with Crippen LogP contribution in [0.15, 0.2) is 73.3 Å². The minimum atomic E-state index is -4.47. The van der Waals surface area contributed by atoms with Crippen LogP contribution in [0.2, 0.25) is 0 Å². The molecule has 0 saturated carbocycles. The molecule has 3 aromatic heterocycles. The summed E-state index contributed by atoms with van der Waals surface area (Å²) in [7, 11) is 0. The Labute approximate surface area is 201 Å². The maximum atomic E-state index is 13.7. The molecule has 5 aromatic rings. The standard InChI is InChI=1S/C25H19F3N4O2S/c26-25(27,28)24-19(16-5-2-1-3-6-16)12-22(35-24)20-14-31(15-29-20)18-8-9-21-17(11-18)13-30-32(21)10-4-7-23(33)34/h1-3,5-6,8-9,11-15H,4,7,10H2,(H,33,34). The first kappa shape index (κ1) is 22.9. The van der Waals surface area contributed by atoms with Gasteiger partial charge in [-0.2, -0.15) is 18.3 Å². The van der Waals surface area contributed by atoms with Crippen LogP contribution in [0.3, 0.4) is 0 Å². The molecule has 10 heteroatoms. The number of hydrogen-bond acceptors (Lipinski definition) is 4. The van der Waals surface area contributed by atoms with Crippen LogP contribution in [0.4, 0.5) is 13.2 Å². The Bertz CT molecular complexity index is 1500. The average molecular weight is 497 g/mol. The number of alkyl halides is 3. The molecule has 0 bridgehead atoms. The predicted octanol–water partition coefficient (Wildman–Crippen LogP) is 6.50. The summed E-state index contributed by atoms with van der Waals surface area (Å²) in [6.07, 6.45) is 1.07. The van der Waals surface area contributed by atoms with Crippen molar-refractivity contribution >= 4 is 28.2 Å². The molecule has 6 nitrogen and oxygen atoms in total. The summed E-state index contributed by atoms with van der Waals surface area (Å²) in [5.74, 6) is -0.844. The van der Waals surface area contributed by atoms with Crippen molar-refractivity contribution in [2.24, 2.45) is 0 Å². The molecule has 178 valence electrons. The van der Waals surface area contributed by atoms with Crippen molar-refractivity contribution in [3.8, 4) is 27.4 Å². The largest absolute Gasteiger partial charge is 0.481 e. The molecule has 0 fully saturated rings. The van der Waals surface area contributed by atoms with Gasteiger partial charge in [0.2, 0.25) is 0 Å². The highest BCUT2D eigenvalue weighted by Crippen LogP contribution is 2.45. The smallest absolute Gasteiger partial charge is 0.426 e. The van der Waals surface area contributed by atoms with Crippen molar-refractivity contribution in [3.05, 3.63) is 78.2 Å². The van der Waals surface area contributed by atoms with Gasteiger partial charge >= 0.3 is 12.1 Å². The summed E-state index contributed by atoms with van der Waals surface area (Å²) >= 11 is 0.682. The first-order valence-corrected chi connectivity index (χ1v) is 11.6. The van der Waals surface area contributed by atoms with Crippen molar-refractivity contribution in [3.63, 3.8) is 0 Å². The SMILES string of the molecule is O=C(O)CCCn1ncc2cc(-n3cnc(-c4cc(-c5ccccc5)c(C(F)(F)F)s4)c3)ccc21. The second-order valence-corrected chi connectivity index (χ2v) is 9.04. The van der Waals surface area contributed by atoms with Gasteiger partial charge in [-0.1, -0.05) is 30.3 Å². The number of aliphatic carboxylic acids is 1. The minimum Gasteiger partial charge on any atom is -0.481 e. The van der Waals surface area contributed by atoms with Crippen molar-refractivity contribution < 1.29 is 23.1 Å². The van der Waals surface area contributed by atoms with Crippen molar-refractivity contribution in [1.29, 1.82) is 0 Å². The number of nitrogens with zero attached hydrogens (tertiary/aromatic N) is 4. The molecule has 3 heterocycles. The van der Waals surface area contributed by atoms with Gasteiger partial charge in [-0.05, 0) is 36.2 Å². The van der Waals surface area contributed by atoms with E-state index in [0.717, 1.165) is 16.6 Å². The summed E-state index contributed by atoms with van der Waals surface area (Å²) in [4.78, 5) is 14.9. The summed E-state index contributed by atoms with van der Waals surface area (Å²) in [5, 5.41) is 14.0. The minimum absolute atomic E-state index is 0.0714.